The van der Waals surface area contributed by atoms with E-state index in [1.54, 1.807) is 6.07 Å². The van der Waals surface area contributed by atoms with Gasteiger partial charge in [-0.3, -0.25) is 4.79 Å². The van der Waals surface area contributed by atoms with Gasteiger partial charge < -0.3 is 9.30 Å². The molecule has 2 aromatic rings. The van der Waals surface area contributed by atoms with Crippen molar-refractivity contribution >= 4 is 0 Å². The predicted octanol–water partition coefficient (Wildman–Crippen LogP) is 3.54. The van der Waals surface area contributed by atoms with E-state index < -0.39 is 0 Å². The van der Waals surface area contributed by atoms with Gasteiger partial charge in [-0.1, -0.05) is 43.7 Å². The van der Waals surface area contributed by atoms with E-state index in [1.165, 1.54) is 0 Å². The van der Waals surface area contributed by atoms with Crippen molar-refractivity contribution in [1.29, 1.82) is 0 Å². The van der Waals surface area contributed by atoms with Crippen molar-refractivity contribution < 1.29 is 4.74 Å². The number of aryl methyl sites for hydroxylation is 1. The zero-order chi connectivity index (χ0) is 14.4. The first-order chi connectivity index (χ1) is 9.72. The fourth-order valence-corrected chi connectivity index (χ4v) is 2.13. The van der Waals surface area contributed by atoms with Crippen LogP contribution in [0.5, 0.6) is 5.75 Å². The SMILES string of the molecule is CCCCn1ccc(=O)c(OCc2ccccc2)c1C. The molecule has 20 heavy (non-hydrogen) atoms. The summed E-state index contributed by atoms with van der Waals surface area (Å²) in [6.07, 6.45) is 4.08. The van der Waals surface area contributed by atoms with Crippen molar-refractivity contribution in [2.75, 3.05) is 0 Å². The lowest BCUT2D eigenvalue weighted by molar-refractivity contribution is 0.296. The molecule has 1 aromatic heterocycles. The summed E-state index contributed by atoms with van der Waals surface area (Å²) in [6, 6.07) is 11.5. The second-order valence-electron chi connectivity index (χ2n) is 4.92. The molecule has 3 heteroatoms. The summed E-state index contributed by atoms with van der Waals surface area (Å²) in [4.78, 5) is 11.9. The standard InChI is InChI=1S/C17H21NO2/c1-3-4-11-18-12-10-16(19)17(14(18)2)20-13-15-8-6-5-7-9-15/h5-10,12H,3-4,11,13H2,1-2H3. The van der Waals surface area contributed by atoms with Crippen LogP contribution in [0.15, 0.2) is 47.4 Å². The molecule has 2 rings (SSSR count). The second kappa shape index (κ2) is 6.94. The van der Waals surface area contributed by atoms with Gasteiger partial charge in [0.05, 0.1) is 5.69 Å². The topological polar surface area (TPSA) is 31.2 Å². The molecule has 0 radical (unpaired) electrons. The Hall–Kier alpha value is -2.03. The minimum absolute atomic E-state index is 0.0498. The van der Waals surface area contributed by atoms with Gasteiger partial charge in [-0.25, -0.2) is 0 Å². The maximum Gasteiger partial charge on any atom is 0.223 e. The summed E-state index contributed by atoms with van der Waals surface area (Å²) >= 11 is 0. The van der Waals surface area contributed by atoms with Crippen molar-refractivity contribution in [2.24, 2.45) is 0 Å². The van der Waals surface area contributed by atoms with Crippen LogP contribution in [0, 0.1) is 6.92 Å². The predicted molar refractivity (Wildman–Crippen MR) is 81.1 cm³/mol. The van der Waals surface area contributed by atoms with Crippen LogP contribution in [-0.4, -0.2) is 4.57 Å². The van der Waals surface area contributed by atoms with Crippen LogP contribution in [0.4, 0.5) is 0 Å². The second-order valence-corrected chi connectivity index (χ2v) is 4.92. The van der Waals surface area contributed by atoms with Crippen molar-refractivity contribution in [2.45, 2.75) is 39.8 Å². The van der Waals surface area contributed by atoms with Crippen LogP contribution in [0.3, 0.4) is 0 Å². The molecule has 0 bridgehead atoms. The molecule has 0 amide bonds. The third kappa shape index (κ3) is 3.50. The van der Waals surface area contributed by atoms with Crippen molar-refractivity contribution in [3.8, 4) is 5.75 Å². The van der Waals surface area contributed by atoms with Crippen LogP contribution >= 0.6 is 0 Å². The molecule has 0 aliphatic carbocycles. The van der Waals surface area contributed by atoms with Gasteiger partial charge >= 0.3 is 0 Å². The van der Waals surface area contributed by atoms with E-state index in [-0.39, 0.29) is 5.43 Å². The van der Waals surface area contributed by atoms with Gasteiger partial charge in [-0.2, -0.15) is 0 Å². The van der Waals surface area contributed by atoms with Crippen molar-refractivity contribution in [1.82, 2.24) is 4.57 Å². The largest absolute Gasteiger partial charge is 0.483 e. The molecule has 0 aliphatic rings. The number of pyridine rings is 1. The molecule has 0 saturated carbocycles. The van der Waals surface area contributed by atoms with Crippen LogP contribution in [0.2, 0.25) is 0 Å². The highest BCUT2D eigenvalue weighted by molar-refractivity contribution is 5.27. The molecule has 0 aliphatic heterocycles. The summed E-state index contributed by atoms with van der Waals surface area (Å²) in [5.74, 6) is 0.465. The summed E-state index contributed by atoms with van der Waals surface area (Å²) in [5, 5.41) is 0. The fourth-order valence-electron chi connectivity index (χ4n) is 2.13. The zero-order valence-electron chi connectivity index (χ0n) is 12.1. The Morgan fingerprint density at radius 2 is 1.90 bits per heavy atom. The third-order valence-corrected chi connectivity index (χ3v) is 3.37. The Balaban J connectivity index is 2.16. The monoisotopic (exact) mass is 271 g/mol. The maximum atomic E-state index is 11.9. The normalized spacial score (nSPS) is 10.5. The lowest BCUT2D eigenvalue weighted by Gasteiger charge is -2.14. The molecule has 0 saturated heterocycles. The molecule has 0 spiro atoms. The lowest BCUT2D eigenvalue weighted by atomic mass is 10.2. The Kier molecular flexibility index (Phi) is 4.99. The first-order valence-electron chi connectivity index (χ1n) is 7.09. The molecule has 0 N–H and O–H groups in total. The van der Waals surface area contributed by atoms with E-state index >= 15 is 0 Å². The maximum absolute atomic E-state index is 11.9. The number of benzene rings is 1. The summed E-state index contributed by atoms with van der Waals surface area (Å²) in [5.41, 5.74) is 1.92. The van der Waals surface area contributed by atoms with E-state index in [0.29, 0.717) is 12.4 Å². The first kappa shape index (κ1) is 14.4. The number of nitrogens with zero attached hydrogens (tertiary/aromatic N) is 1. The molecule has 3 nitrogen and oxygen atoms in total. The van der Waals surface area contributed by atoms with E-state index in [4.69, 9.17) is 4.74 Å². The van der Waals surface area contributed by atoms with Crippen LogP contribution in [0.25, 0.3) is 0 Å². The van der Waals surface area contributed by atoms with E-state index in [9.17, 15) is 4.79 Å². The summed E-state index contributed by atoms with van der Waals surface area (Å²) < 4.78 is 7.83. The highest BCUT2D eigenvalue weighted by Gasteiger charge is 2.08. The highest BCUT2D eigenvalue weighted by atomic mass is 16.5. The molecule has 1 heterocycles. The molecular weight excluding hydrogens is 250 g/mol. The molecular formula is C17H21NO2. The lowest BCUT2D eigenvalue weighted by Crippen LogP contribution is -2.15. The number of rotatable bonds is 6. The average Bonchev–Trinajstić information content (AvgIpc) is 2.47. The molecule has 0 unspecified atom stereocenters. The number of unbranched alkanes of at least 4 members (excludes halogenated alkanes) is 1. The Labute approximate surface area is 119 Å². The fraction of sp³-hybridized carbons (Fsp3) is 0.353. The minimum Gasteiger partial charge on any atom is -0.483 e. The molecule has 1 aromatic carbocycles. The number of ether oxygens (including phenoxy) is 1. The van der Waals surface area contributed by atoms with E-state index in [2.05, 4.69) is 11.5 Å². The van der Waals surface area contributed by atoms with Crippen molar-refractivity contribution in [3.05, 3.63) is 64.1 Å². The minimum atomic E-state index is -0.0498. The van der Waals surface area contributed by atoms with E-state index in [1.807, 2.05) is 43.5 Å². The number of hydrogen-bond acceptors (Lipinski definition) is 2. The molecule has 106 valence electrons. The molecule has 0 atom stereocenters. The average molecular weight is 271 g/mol. The van der Waals surface area contributed by atoms with Crippen LogP contribution < -0.4 is 10.2 Å². The Bertz CT molecular complexity index is 602. The van der Waals surface area contributed by atoms with Gasteiger partial charge in [-0.15, -0.1) is 0 Å². The quantitative estimate of drug-likeness (QED) is 0.804. The summed E-state index contributed by atoms with van der Waals surface area (Å²) in [6.45, 7) is 5.45. The highest BCUT2D eigenvalue weighted by Crippen LogP contribution is 2.14. The summed E-state index contributed by atoms with van der Waals surface area (Å²) in [7, 11) is 0. The Morgan fingerprint density at radius 1 is 1.15 bits per heavy atom. The smallest absolute Gasteiger partial charge is 0.223 e. The van der Waals surface area contributed by atoms with E-state index in [0.717, 1.165) is 30.6 Å². The van der Waals surface area contributed by atoms with Gasteiger partial charge in [-0.05, 0) is 18.9 Å². The molecule has 0 fully saturated rings. The van der Waals surface area contributed by atoms with Gasteiger partial charge in [0, 0.05) is 18.8 Å². The van der Waals surface area contributed by atoms with Crippen LogP contribution in [0.1, 0.15) is 31.0 Å². The van der Waals surface area contributed by atoms with Crippen molar-refractivity contribution in [3.63, 3.8) is 0 Å². The van der Waals surface area contributed by atoms with Gasteiger partial charge in [0.15, 0.2) is 5.75 Å². The van der Waals surface area contributed by atoms with Gasteiger partial charge in [0.2, 0.25) is 5.43 Å². The van der Waals surface area contributed by atoms with Gasteiger partial charge in [0.25, 0.3) is 0 Å². The first-order valence-corrected chi connectivity index (χ1v) is 7.09. The number of aromatic nitrogens is 1. The zero-order valence-corrected chi connectivity index (χ0v) is 12.1. The number of hydrogen-bond donors (Lipinski definition) is 0. The third-order valence-electron chi connectivity index (χ3n) is 3.37. The van der Waals surface area contributed by atoms with Crippen LogP contribution in [-0.2, 0) is 13.2 Å². The van der Waals surface area contributed by atoms with Gasteiger partial charge in [0.1, 0.15) is 6.61 Å². The Morgan fingerprint density at radius 3 is 2.60 bits per heavy atom.